The molecule has 0 aromatic carbocycles. The van der Waals surface area contributed by atoms with E-state index >= 15 is 0 Å². The summed E-state index contributed by atoms with van der Waals surface area (Å²) in [5.74, 6) is -2.19. The van der Waals surface area contributed by atoms with E-state index in [0.29, 0.717) is 0 Å². The topological polar surface area (TPSA) is 213 Å². The van der Waals surface area contributed by atoms with Crippen LogP contribution in [0.25, 0.3) is 0 Å². The van der Waals surface area contributed by atoms with Gasteiger partial charge >= 0.3 is 29.6 Å². The molecule has 2 aliphatic heterocycles. The van der Waals surface area contributed by atoms with E-state index in [2.05, 4.69) is 20.3 Å². The molecule has 12 nitrogen and oxygen atoms in total. The molecule has 0 radical (unpaired) electrons. The van der Waals surface area contributed by atoms with E-state index in [1.54, 1.807) is 5.38 Å². The maximum absolute atomic E-state index is 12.4. The number of nitrogens with two attached hydrogens (primary N) is 1. The van der Waals surface area contributed by atoms with Gasteiger partial charge in [-0.05, 0) is 0 Å². The zero-order valence-corrected chi connectivity index (χ0v) is 18.4. The Labute approximate surface area is 189 Å². The fraction of sp³-hybridized carbons (Fsp3) is 0.308. The van der Waals surface area contributed by atoms with Crippen molar-refractivity contribution in [1.82, 2.24) is 15.2 Å². The number of amides is 2. The van der Waals surface area contributed by atoms with Gasteiger partial charge in [-0.2, -0.15) is 0 Å². The number of oxime groups is 1. The minimum Gasteiger partial charge on any atom is -0.545 e. The third-order valence-corrected chi connectivity index (χ3v) is 5.49. The molecule has 2 amide bonds. The molecule has 148 valence electrons. The van der Waals surface area contributed by atoms with E-state index < -0.39 is 23.8 Å². The molecule has 2 aliphatic rings. The Morgan fingerprint density at radius 3 is 2.68 bits per heavy atom. The summed E-state index contributed by atoms with van der Waals surface area (Å²) in [6.07, 6.45) is 1.24. The Bertz CT molecular complexity index is 815. The number of β-lactam (4-membered cyclic amide) rings is 1. The zero-order chi connectivity index (χ0) is 18.1. The van der Waals surface area contributed by atoms with E-state index in [9.17, 15) is 19.5 Å². The average Bonchev–Trinajstić information content (AvgIpc) is 3.02. The molecular formula is C13H16N5NaO7S2. The molecule has 2 atom stereocenters. The van der Waals surface area contributed by atoms with Crippen molar-refractivity contribution in [3.63, 3.8) is 0 Å². The molecule has 3 rings (SSSR count). The predicted octanol–water partition coefficient (Wildman–Crippen LogP) is -6.54. The summed E-state index contributed by atoms with van der Waals surface area (Å²) in [6, 6.07) is -0.796. The van der Waals surface area contributed by atoms with Crippen molar-refractivity contribution in [3.05, 3.63) is 22.8 Å². The number of thioether (sulfide) groups is 1. The summed E-state index contributed by atoms with van der Waals surface area (Å²) in [6.45, 7) is 0. The van der Waals surface area contributed by atoms with Crippen LogP contribution in [0, 0.1) is 0 Å². The number of nitrogens with zero attached hydrogens (tertiary/aromatic N) is 3. The van der Waals surface area contributed by atoms with Gasteiger partial charge in [0.2, 0.25) is 0 Å². The first-order chi connectivity index (χ1) is 11.9. The molecule has 0 spiro atoms. The maximum Gasteiger partial charge on any atom is 1.00 e. The van der Waals surface area contributed by atoms with Crippen LogP contribution in [0.15, 0.2) is 22.3 Å². The number of nitrogen functional groups attached to an aromatic ring is 1. The zero-order valence-electron chi connectivity index (χ0n) is 14.8. The number of aliphatic carboxylic acids is 1. The van der Waals surface area contributed by atoms with Crippen LogP contribution >= 0.6 is 23.1 Å². The summed E-state index contributed by atoms with van der Waals surface area (Å²) in [4.78, 5) is 45.4. The number of carbonyl (C=O) groups excluding carboxylic acids is 3. The van der Waals surface area contributed by atoms with Gasteiger partial charge in [-0.15, -0.1) is 23.1 Å². The molecule has 1 unspecified atom stereocenters. The number of thiazole rings is 1. The minimum absolute atomic E-state index is 0. The molecule has 1 aromatic rings. The van der Waals surface area contributed by atoms with Crippen LogP contribution in [0.4, 0.5) is 5.13 Å². The summed E-state index contributed by atoms with van der Waals surface area (Å²) in [5.41, 5.74) is 5.71. The normalized spacial score (nSPS) is 20.2. The van der Waals surface area contributed by atoms with Crippen molar-refractivity contribution in [1.29, 1.82) is 0 Å². The number of hydrogen-bond acceptors (Lipinski definition) is 10. The molecule has 1 aromatic heterocycles. The van der Waals surface area contributed by atoms with E-state index in [-0.39, 0.29) is 73.7 Å². The SMILES string of the molecule is CON=C(C(=O)NC1C(=O)N2C=C(C(=O)[O-])CS[C@H]12)c1csc(N)n1.O.O.[Na+]. The molecule has 0 saturated carbocycles. The van der Waals surface area contributed by atoms with Gasteiger partial charge in [0.1, 0.15) is 24.2 Å². The van der Waals surface area contributed by atoms with Crippen LogP contribution in [0.3, 0.4) is 0 Å². The van der Waals surface area contributed by atoms with E-state index in [1.165, 1.54) is 30.0 Å². The van der Waals surface area contributed by atoms with Crippen molar-refractivity contribution < 1.29 is 64.8 Å². The fourth-order valence-corrected chi connectivity index (χ4v) is 4.12. The van der Waals surface area contributed by atoms with Crippen molar-refractivity contribution in [3.8, 4) is 0 Å². The number of carboxylic acid groups (broad SMARTS) is 1. The number of nitrogens with one attached hydrogen (secondary N) is 1. The number of hydrogen-bond donors (Lipinski definition) is 2. The second-order valence-corrected chi connectivity index (χ2v) is 7.03. The number of anilines is 1. The number of carbonyl (C=O) groups is 3. The fourth-order valence-electron chi connectivity index (χ4n) is 2.33. The van der Waals surface area contributed by atoms with Crippen LogP contribution in [0.5, 0.6) is 0 Å². The van der Waals surface area contributed by atoms with Gasteiger partial charge in [-0.25, -0.2) is 4.98 Å². The molecule has 1 fully saturated rings. The summed E-state index contributed by atoms with van der Waals surface area (Å²) in [5, 5.41) is 18.5. The molecule has 28 heavy (non-hydrogen) atoms. The van der Waals surface area contributed by atoms with Crippen molar-refractivity contribution in [2.45, 2.75) is 11.4 Å². The molecular weight excluding hydrogens is 425 g/mol. The van der Waals surface area contributed by atoms with Crippen LogP contribution in [0.2, 0.25) is 0 Å². The second-order valence-electron chi connectivity index (χ2n) is 5.03. The molecule has 7 N–H and O–H groups in total. The van der Waals surface area contributed by atoms with Crippen molar-refractivity contribution in [2.75, 3.05) is 18.6 Å². The van der Waals surface area contributed by atoms with Crippen LogP contribution in [0.1, 0.15) is 5.69 Å². The maximum atomic E-state index is 12.4. The summed E-state index contributed by atoms with van der Waals surface area (Å²) in [7, 11) is 1.28. The third-order valence-electron chi connectivity index (χ3n) is 3.50. The van der Waals surface area contributed by atoms with E-state index in [1.807, 2.05) is 0 Å². The number of fused-ring (bicyclic) bond motifs is 1. The molecule has 15 heteroatoms. The van der Waals surface area contributed by atoms with Gasteiger partial charge in [0.15, 0.2) is 10.8 Å². The van der Waals surface area contributed by atoms with Crippen molar-refractivity contribution in [2.24, 2.45) is 5.16 Å². The van der Waals surface area contributed by atoms with Gasteiger partial charge in [0.05, 0.1) is 5.97 Å². The smallest absolute Gasteiger partial charge is 0.545 e. The number of rotatable bonds is 5. The molecule has 0 aliphatic carbocycles. The molecule has 0 bridgehead atoms. The first-order valence-corrected chi connectivity index (χ1v) is 8.84. The average molecular weight is 441 g/mol. The first kappa shape index (κ1) is 26.3. The Balaban J connectivity index is 0.00000243. The van der Waals surface area contributed by atoms with Crippen LogP contribution in [-0.4, -0.2) is 68.6 Å². The monoisotopic (exact) mass is 441 g/mol. The van der Waals surface area contributed by atoms with Gasteiger partial charge in [-0.3, -0.25) is 9.59 Å². The summed E-state index contributed by atoms with van der Waals surface area (Å²) >= 11 is 2.36. The molecule has 3 heterocycles. The van der Waals surface area contributed by atoms with Gasteiger partial charge < -0.3 is 41.6 Å². The number of aromatic nitrogens is 1. The Kier molecular flexibility index (Phi) is 10.1. The first-order valence-electron chi connectivity index (χ1n) is 6.91. The minimum atomic E-state index is -1.32. The van der Waals surface area contributed by atoms with E-state index in [4.69, 9.17) is 5.73 Å². The predicted molar refractivity (Wildman–Crippen MR) is 95.4 cm³/mol. The number of carboxylic acids is 1. The quantitative estimate of drug-likeness (QED) is 0.193. The van der Waals surface area contributed by atoms with Gasteiger partial charge in [-0.1, -0.05) is 5.16 Å². The standard InChI is InChI=1S/C13H13N5O5S2.Na.2H2O/c1-23-17-7(6-4-25-13(14)15-6)9(19)16-8-10(20)18-2-5(12(21)22)3-24-11(8)18;;;/h2,4,8,11H,3H2,1H3,(H2,14,15)(H,16,19)(H,21,22);;2*1H2/q;+1;;/p-1/t8?,11-;;;/m1.../s1. The Morgan fingerprint density at radius 2 is 2.14 bits per heavy atom. The van der Waals surface area contributed by atoms with Crippen LogP contribution < -0.4 is 45.7 Å². The largest absolute Gasteiger partial charge is 1.00 e. The summed E-state index contributed by atoms with van der Waals surface area (Å²) < 4.78 is 0. The van der Waals surface area contributed by atoms with E-state index in [0.717, 1.165) is 11.3 Å². The third kappa shape index (κ3) is 5.02. The van der Waals surface area contributed by atoms with Crippen LogP contribution in [-0.2, 0) is 19.2 Å². The second kappa shape index (κ2) is 10.8. The Hall–Kier alpha value is -1.68. The molecule has 1 saturated heterocycles. The van der Waals surface area contributed by atoms with Gasteiger partial charge in [0, 0.05) is 22.9 Å². The van der Waals surface area contributed by atoms with Gasteiger partial charge in [0.25, 0.3) is 11.8 Å². The van der Waals surface area contributed by atoms with Crippen molar-refractivity contribution >= 4 is 51.7 Å². The Morgan fingerprint density at radius 1 is 1.46 bits per heavy atom.